The fourth-order valence-electron chi connectivity index (χ4n) is 0.538. The highest BCUT2D eigenvalue weighted by atomic mass is 16.8. The minimum absolute atomic E-state index is 0.342. The van der Waals surface area contributed by atoms with Crippen molar-refractivity contribution in [3.05, 3.63) is 0 Å². The van der Waals surface area contributed by atoms with E-state index < -0.39 is 6.29 Å². The van der Waals surface area contributed by atoms with E-state index in [1.54, 1.807) is 6.21 Å². The largest absolute Gasteiger partial charge is 0.423 e. The van der Waals surface area contributed by atoms with Gasteiger partial charge in [0, 0.05) is 6.92 Å². The van der Waals surface area contributed by atoms with Crippen LogP contribution in [0.15, 0.2) is 5.16 Å². The van der Waals surface area contributed by atoms with Crippen molar-refractivity contribution < 1.29 is 14.4 Å². The summed E-state index contributed by atoms with van der Waals surface area (Å²) in [5.41, 5.74) is 0. The number of carbonyl (C=O) groups is 1. The Balaban J connectivity index is 2.22. The van der Waals surface area contributed by atoms with Gasteiger partial charge in [-0.25, -0.2) is 0 Å². The molecule has 0 saturated carbocycles. The Hall–Kier alpha value is -1.06. The van der Waals surface area contributed by atoms with Crippen LogP contribution in [-0.4, -0.2) is 18.5 Å². The first-order valence-electron chi connectivity index (χ1n) is 2.64. The molecule has 0 bridgehead atoms. The summed E-state index contributed by atoms with van der Waals surface area (Å²) in [5.74, 6) is -0.342. The smallest absolute Gasteiger partial charge is 0.305 e. The molecule has 1 aliphatic heterocycles. The van der Waals surface area contributed by atoms with Gasteiger partial charge in [-0.2, -0.15) is 0 Å². The third-order valence-electron chi connectivity index (χ3n) is 0.848. The molecule has 50 valence electrons. The van der Waals surface area contributed by atoms with Crippen LogP contribution in [-0.2, 0) is 14.4 Å². The zero-order valence-electron chi connectivity index (χ0n) is 5.03. The number of carbonyl (C=O) groups excluding carboxylic acids is 1. The van der Waals surface area contributed by atoms with E-state index in [0.29, 0.717) is 6.42 Å². The van der Waals surface area contributed by atoms with Crippen molar-refractivity contribution in [2.45, 2.75) is 19.6 Å². The Morgan fingerprint density at radius 3 is 3.22 bits per heavy atom. The molecule has 1 aliphatic rings. The van der Waals surface area contributed by atoms with Crippen LogP contribution in [0.5, 0.6) is 0 Å². The highest BCUT2D eigenvalue weighted by Crippen LogP contribution is 2.05. The van der Waals surface area contributed by atoms with Gasteiger partial charge in [-0.3, -0.25) is 4.79 Å². The van der Waals surface area contributed by atoms with Crippen molar-refractivity contribution >= 4 is 12.2 Å². The predicted octanol–water partition coefficient (Wildman–Crippen LogP) is 0.282. The predicted molar refractivity (Wildman–Crippen MR) is 29.7 cm³/mol. The molecule has 0 spiro atoms. The summed E-state index contributed by atoms with van der Waals surface area (Å²) >= 11 is 0. The minimum atomic E-state index is -0.484. The summed E-state index contributed by atoms with van der Waals surface area (Å²) in [6.07, 6.45) is 1.63. The van der Waals surface area contributed by atoms with Gasteiger partial charge in [0.2, 0.25) is 0 Å². The number of nitrogens with zero attached hydrogens (tertiary/aromatic N) is 1. The van der Waals surface area contributed by atoms with Gasteiger partial charge in [0.1, 0.15) is 0 Å². The van der Waals surface area contributed by atoms with Crippen molar-refractivity contribution in [3.8, 4) is 0 Å². The molecule has 4 heteroatoms. The van der Waals surface area contributed by atoms with Gasteiger partial charge in [0.15, 0.2) is 0 Å². The van der Waals surface area contributed by atoms with Gasteiger partial charge in [-0.1, -0.05) is 5.16 Å². The maximum Gasteiger partial charge on any atom is 0.305 e. The average Bonchev–Trinajstić information content (AvgIpc) is 2.15. The lowest BCUT2D eigenvalue weighted by Gasteiger charge is -2.05. The number of hydrogen-bond acceptors (Lipinski definition) is 4. The van der Waals surface area contributed by atoms with Crippen molar-refractivity contribution in [2.24, 2.45) is 5.16 Å². The molecule has 0 saturated heterocycles. The molecule has 1 rings (SSSR count). The average molecular weight is 129 g/mol. The molecule has 0 N–H and O–H groups in total. The van der Waals surface area contributed by atoms with Gasteiger partial charge < -0.3 is 9.57 Å². The summed E-state index contributed by atoms with van der Waals surface area (Å²) in [7, 11) is 0. The highest BCUT2D eigenvalue weighted by Gasteiger charge is 2.14. The Labute approximate surface area is 52.4 Å². The first kappa shape index (κ1) is 6.07. The number of oxime groups is 1. The number of rotatable bonds is 1. The van der Waals surface area contributed by atoms with Gasteiger partial charge in [0.25, 0.3) is 6.29 Å². The van der Waals surface area contributed by atoms with Crippen LogP contribution in [0, 0.1) is 0 Å². The van der Waals surface area contributed by atoms with Gasteiger partial charge >= 0.3 is 5.97 Å². The molecule has 1 heterocycles. The standard InChI is InChI=1S/C5H7NO3/c1-4(7)8-5-2-3-6-9-5/h3,5H,2H2,1H3. The zero-order chi connectivity index (χ0) is 6.69. The van der Waals surface area contributed by atoms with Crippen LogP contribution in [0.3, 0.4) is 0 Å². The SMILES string of the molecule is CC(=O)OC1CC=NO1. The van der Waals surface area contributed by atoms with Crippen LogP contribution in [0.4, 0.5) is 0 Å². The van der Waals surface area contributed by atoms with Crippen molar-refractivity contribution in [2.75, 3.05) is 0 Å². The Kier molecular flexibility index (Phi) is 1.67. The molecule has 0 aromatic carbocycles. The Morgan fingerprint density at radius 1 is 2.00 bits per heavy atom. The summed E-state index contributed by atoms with van der Waals surface area (Å²) in [4.78, 5) is 14.8. The van der Waals surface area contributed by atoms with E-state index in [9.17, 15) is 4.79 Å². The van der Waals surface area contributed by atoms with E-state index in [-0.39, 0.29) is 5.97 Å². The second-order valence-corrected chi connectivity index (χ2v) is 1.67. The third-order valence-corrected chi connectivity index (χ3v) is 0.848. The Bertz CT molecular complexity index is 135. The first-order valence-corrected chi connectivity index (χ1v) is 2.64. The third kappa shape index (κ3) is 1.71. The van der Waals surface area contributed by atoms with E-state index in [1.807, 2.05) is 0 Å². The molecule has 1 unspecified atom stereocenters. The second-order valence-electron chi connectivity index (χ2n) is 1.67. The monoisotopic (exact) mass is 129 g/mol. The van der Waals surface area contributed by atoms with Gasteiger partial charge in [-0.15, -0.1) is 0 Å². The fraction of sp³-hybridized carbons (Fsp3) is 0.600. The van der Waals surface area contributed by atoms with Gasteiger partial charge in [0.05, 0.1) is 12.6 Å². The first-order chi connectivity index (χ1) is 4.29. The molecule has 0 fully saturated rings. The molecular formula is C5H7NO3. The van der Waals surface area contributed by atoms with E-state index in [4.69, 9.17) is 0 Å². The topological polar surface area (TPSA) is 47.9 Å². The molecule has 1 atom stereocenters. The van der Waals surface area contributed by atoms with Crippen LogP contribution < -0.4 is 0 Å². The normalized spacial score (nSPS) is 23.4. The molecule has 0 radical (unpaired) electrons. The fourth-order valence-corrected chi connectivity index (χ4v) is 0.538. The van der Waals surface area contributed by atoms with E-state index >= 15 is 0 Å². The molecular weight excluding hydrogens is 122 g/mol. The molecule has 0 aromatic rings. The number of ether oxygens (including phenoxy) is 1. The minimum Gasteiger partial charge on any atom is -0.423 e. The number of esters is 1. The highest BCUT2D eigenvalue weighted by molar-refractivity contribution is 5.67. The maximum absolute atomic E-state index is 10.2. The van der Waals surface area contributed by atoms with Crippen LogP contribution >= 0.6 is 0 Å². The lowest BCUT2D eigenvalue weighted by atomic mass is 10.5. The molecule has 0 aromatic heterocycles. The molecule has 9 heavy (non-hydrogen) atoms. The van der Waals surface area contributed by atoms with Crippen LogP contribution in [0.2, 0.25) is 0 Å². The Morgan fingerprint density at radius 2 is 2.78 bits per heavy atom. The zero-order valence-corrected chi connectivity index (χ0v) is 5.03. The van der Waals surface area contributed by atoms with Gasteiger partial charge in [-0.05, 0) is 0 Å². The molecule has 4 nitrogen and oxygen atoms in total. The molecule has 0 amide bonds. The number of hydrogen-bond donors (Lipinski definition) is 0. The van der Waals surface area contributed by atoms with E-state index in [0.717, 1.165) is 0 Å². The lowest BCUT2D eigenvalue weighted by Crippen LogP contribution is -2.13. The van der Waals surface area contributed by atoms with E-state index in [1.165, 1.54) is 6.92 Å². The summed E-state index contributed by atoms with van der Waals surface area (Å²) in [5, 5.41) is 3.42. The van der Waals surface area contributed by atoms with Crippen molar-refractivity contribution in [1.82, 2.24) is 0 Å². The van der Waals surface area contributed by atoms with Crippen molar-refractivity contribution in [3.63, 3.8) is 0 Å². The second kappa shape index (κ2) is 2.48. The summed E-state index contributed by atoms with van der Waals surface area (Å²) in [6.45, 7) is 1.34. The summed E-state index contributed by atoms with van der Waals surface area (Å²) < 4.78 is 4.62. The summed E-state index contributed by atoms with van der Waals surface area (Å²) in [6, 6.07) is 0. The van der Waals surface area contributed by atoms with Crippen LogP contribution in [0.25, 0.3) is 0 Å². The van der Waals surface area contributed by atoms with Crippen molar-refractivity contribution in [1.29, 1.82) is 0 Å². The molecule has 0 aliphatic carbocycles. The van der Waals surface area contributed by atoms with Crippen LogP contribution in [0.1, 0.15) is 13.3 Å². The quantitative estimate of drug-likeness (QED) is 0.478. The lowest BCUT2D eigenvalue weighted by molar-refractivity contribution is -0.170. The van der Waals surface area contributed by atoms with E-state index in [2.05, 4.69) is 14.7 Å². The maximum atomic E-state index is 10.2.